The molecule has 0 aliphatic rings. The number of halogens is 2. The van der Waals surface area contributed by atoms with Crippen LogP contribution in [0, 0.1) is 0 Å². The maximum absolute atomic E-state index is 12.2. The highest BCUT2D eigenvalue weighted by Crippen LogP contribution is 2.23. The lowest BCUT2D eigenvalue weighted by atomic mass is 9.92. The standard InChI is InChI=1S/C13H18BrClN2O/c1-3-13(4-2,8-16)17-12(18)9-5-6-11(15)10(14)7-9/h5-7H,3-4,8,16H2,1-2H3,(H,17,18). The average molecular weight is 334 g/mol. The van der Waals surface area contributed by atoms with Crippen molar-refractivity contribution in [1.82, 2.24) is 5.32 Å². The summed E-state index contributed by atoms with van der Waals surface area (Å²) in [5.41, 5.74) is 6.01. The van der Waals surface area contributed by atoms with Crippen LogP contribution in [0.5, 0.6) is 0 Å². The Morgan fingerprint density at radius 3 is 2.50 bits per heavy atom. The van der Waals surface area contributed by atoms with Crippen molar-refractivity contribution in [3.8, 4) is 0 Å². The number of hydrogen-bond acceptors (Lipinski definition) is 2. The largest absolute Gasteiger partial charge is 0.345 e. The summed E-state index contributed by atoms with van der Waals surface area (Å²) in [6.07, 6.45) is 1.61. The fourth-order valence-electron chi connectivity index (χ4n) is 1.72. The Bertz CT molecular complexity index is 425. The number of rotatable bonds is 5. The lowest BCUT2D eigenvalue weighted by Gasteiger charge is -2.31. The predicted octanol–water partition coefficient (Wildman–Crippen LogP) is 3.35. The molecule has 0 fully saturated rings. The molecule has 1 aromatic carbocycles. The van der Waals surface area contributed by atoms with Gasteiger partial charge in [-0.25, -0.2) is 0 Å². The monoisotopic (exact) mass is 332 g/mol. The van der Waals surface area contributed by atoms with Gasteiger partial charge in [-0.1, -0.05) is 25.4 Å². The summed E-state index contributed by atoms with van der Waals surface area (Å²) in [7, 11) is 0. The maximum atomic E-state index is 12.2. The molecule has 0 atom stereocenters. The van der Waals surface area contributed by atoms with Crippen LogP contribution in [-0.2, 0) is 0 Å². The van der Waals surface area contributed by atoms with Gasteiger partial charge in [-0.15, -0.1) is 0 Å². The highest BCUT2D eigenvalue weighted by molar-refractivity contribution is 9.10. The molecule has 1 amide bonds. The summed E-state index contributed by atoms with van der Waals surface area (Å²) in [6.45, 7) is 4.48. The Morgan fingerprint density at radius 1 is 1.44 bits per heavy atom. The first-order chi connectivity index (χ1) is 8.48. The molecule has 0 aliphatic heterocycles. The second kappa shape index (κ2) is 6.55. The lowest BCUT2D eigenvalue weighted by Crippen LogP contribution is -2.52. The SMILES string of the molecule is CCC(CC)(CN)NC(=O)c1ccc(Cl)c(Br)c1. The molecule has 100 valence electrons. The molecule has 3 nitrogen and oxygen atoms in total. The van der Waals surface area contributed by atoms with Gasteiger partial charge in [0.05, 0.1) is 10.6 Å². The fraction of sp³-hybridized carbons (Fsp3) is 0.462. The summed E-state index contributed by atoms with van der Waals surface area (Å²) in [5, 5.41) is 3.60. The van der Waals surface area contributed by atoms with E-state index in [0.29, 0.717) is 21.6 Å². The van der Waals surface area contributed by atoms with E-state index in [2.05, 4.69) is 21.2 Å². The van der Waals surface area contributed by atoms with Crippen molar-refractivity contribution in [2.24, 2.45) is 5.73 Å². The van der Waals surface area contributed by atoms with Crippen molar-refractivity contribution in [2.75, 3.05) is 6.54 Å². The van der Waals surface area contributed by atoms with Crippen LogP contribution in [0.3, 0.4) is 0 Å². The van der Waals surface area contributed by atoms with Gasteiger partial charge in [0.2, 0.25) is 0 Å². The number of nitrogens with two attached hydrogens (primary N) is 1. The average Bonchev–Trinajstić information content (AvgIpc) is 2.39. The molecule has 1 aromatic rings. The van der Waals surface area contributed by atoms with E-state index in [1.54, 1.807) is 18.2 Å². The summed E-state index contributed by atoms with van der Waals surface area (Å²) in [5.74, 6) is -0.124. The molecule has 0 unspecified atom stereocenters. The Hall–Kier alpha value is -0.580. The van der Waals surface area contributed by atoms with Gasteiger partial charge in [0.1, 0.15) is 0 Å². The zero-order valence-corrected chi connectivity index (χ0v) is 12.9. The van der Waals surface area contributed by atoms with Gasteiger partial charge in [0.25, 0.3) is 5.91 Å². The summed E-state index contributed by atoms with van der Waals surface area (Å²) in [4.78, 5) is 12.2. The van der Waals surface area contributed by atoms with E-state index in [0.717, 1.165) is 12.8 Å². The third-order valence-corrected chi connectivity index (χ3v) is 4.52. The van der Waals surface area contributed by atoms with Crippen molar-refractivity contribution in [3.63, 3.8) is 0 Å². The number of benzene rings is 1. The van der Waals surface area contributed by atoms with E-state index in [1.165, 1.54) is 0 Å². The molecule has 0 spiro atoms. The number of amides is 1. The molecular weight excluding hydrogens is 316 g/mol. The van der Waals surface area contributed by atoms with Crippen LogP contribution in [0.15, 0.2) is 22.7 Å². The minimum Gasteiger partial charge on any atom is -0.345 e. The number of hydrogen-bond donors (Lipinski definition) is 2. The maximum Gasteiger partial charge on any atom is 0.251 e. The van der Waals surface area contributed by atoms with E-state index < -0.39 is 0 Å². The third-order valence-electron chi connectivity index (χ3n) is 3.30. The van der Waals surface area contributed by atoms with Gasteiger partial charge in [-0.05, 0) is 47.0 Å². The Labute approximate surface area is 121 Å². The first-order valence-corrected chi connectivity index (χ1v) is 7.12. The van der Waals surface area contributed by atoms with Crippen LogP contribution >= 0.6 is 27.5 Å². The fourth-order valence-corrected chi connectivity index (χ4v) is 2.21. The van der Waals surface area contributed by atoms with Crippen LogP contribution in [-0.4, -0.2) is 18.0 Å². The Morgan fingerprint density at radius 2 is 2.06 bits per heavy atom. The minimum absolute atomic E-state index is 0.124. The summed E-state index contributed by atoms with van der Waals surface area (Å²) >= 11 is 9.21. The molecule has 1 rings (SSSR count). The topological polar surface area (TPSA) is 55.1 Å². The second-order valence-electron chi connectivity index (χ2n) is 4.27. The highest BCUT2D eigenvalue weighted by Gasteiger charge is 2.26. The van der Waals surface area contributed by atoms with Crippen LogP contribution < -0.4 is 11.1 Å². The molecule has 0 aromatic heterocycles. The van der Waals surface area contributed by atoms with Gasteiger partial charge in [0.15, 0.2) is 0 Å². The number of carbonyl (C=O) groups excluding carboxylic acids is 1. The molecular formula is C13H18BrClN2O. The molecule has 0 heterocycles. The Kier molecular flexibility index (Phi) is 5.63. The molecule has 18 heavy (non-hydrogen) atoms. The van der Waals surface area contributed by atoms with Crippen molar-refractivity contribution in [2.45, 2.75) is 32.2 Å². The minimum atomic E-state index is -0.330. The smallest absolute Gasteiger partial charge is 0.251 e. The van der Waals surface area contributed by atoms with Crippen molar-refractivity contribution >= 4 is 33.4 Å². The molecule has 0 bridgehead atoms. The molecule has 3 N–H and O–H groups in total. The van der Waals surface area contributed by atoms with E-state index in [-0.39, 0.29) is 11.4 Å². The van der Waals surface area contributed by atoms with E-state index >= 15 is 0 Å². The van der Waals surface area contributed by atoms with Crippen molar-refractivity contribution in [1.29, 1.82) is 0 Å². The van der Waals surface area contributed by atoms with Crippen LogP contribution in [0.25, 0.3) is 0 Å². The van der Waals surface area contributed by atoms with Gasteiger partial charge in [-0.2, -0.15) is 0 Å². The normalized spacial score (nSPS) is 11.4. The highest BCUT2D eigenvalue weighted by atomic mass is 79.9. The van der Waals surface area contributed by atoms with Crippen LogP contribution in [0.1, 0.15) is 37.0 Å². The first-order valence-electron chi connectivity index (χ1n) is 5.95. The number of carbonyl (C=O) groups is 1. The van der Waals surface area contributed by atoms with E-state index in [4.69, 9.17) is 17.3 Å². The zero-order chi connectivity index (χ0) is 13.8. The van der Waals surface area contributed by atoms with Crippen molar-refractivity contribution < 1.29 is 4.79 Å². The predicted molar refractivity (Wildman–Crippen MR) is 79.0 cm³/mol. The van der Waals surface area contributed by atoms with Crippen molar-refractivity contribution in [3.05, 3.63) is 33.3 Å². The van der Waals surface area contributed by atoms with Gasteiger partial charge in [-0.3, -0.25) is 4.79 Å². The van der Waals surface area contributed by atoms with E-state index in [9.17, 15) is 4.79 Å². The Balaban J connectivity index is 2.90. The van der Waals surface area contributed by atoms with Crippen LogP contribution in [0.4, 0.5) is 0 Å². The van der Waals surface area contributed by atoms with Gasteiger partial charge >= 0.3 is 0 Å². The molecule has 0 aliphatic carbocycles. The van der Waals surface area contributed by atoms with Gasteiger partial charge < -0.3 is 11.1 Å². The molecule has 0 saturated heterocycles. The van der Waals surface area contributed by atoms with E-state index in [1.807, 2.05) is 13.8 Å². The summed E-state index contributed by atoms with van der Waals surface area (Å²) in [6, 6.07) is 5.11. The number of nitrogens with one attached hydrogen (secondary N) is 1. The zero-order valence-electron chi connectivity index (χ0n) is 10.6. The quantitative estimate of drug-likeness (QED) is 0.868. The third kappa shape index (κ3) is 3.46. The molecule has 0 radical (unpaired) electrons. The molecule has 5 heteroatoms. The van der Waals surface area contributed by atoms with Gasteiger partial charge in [0, 0.05) is 16.6 Å². The molecule has 0 saturated carbocycles. The summed E-state index contributed by atoms with van der Waals surface area (Å²) < 4.78 is 0.711. The second-order valence-corrected chi connectivity index (χ2v) is 5.54. The van der Waals surface area contributed by atoms with Crippen LogP contribution in [0.2, 0.25) is 5.02 Å². The first kappa shape index (κ1) is 15.5. The lowest BCUT2D eigenvalue weighted by molar-refractivity contribution is 0.0895.